The number of ketones is 2. The minimum absolute atomic E-state index is 0.0223. The molecule has 4 rings (SSSR count). The van der Waals surface area contributed by atoms with Crippen LogP contribution in [0.25, 0.3) is 0 Å². The van der Waals surface area contributed by atoms with Gasteiger partial charge in [0.25, 0.3) is 5.91 Å². The first-order valence-corrected chi connectivity index (χ1v) is 11.9. The number of halogens is 1. The quantitative estimate of drug-likeness (QED) is 0.447. The maximum absolute atomic E-state index is 13.1. The molecule has 1 saturated heterocycles. The van der Waals surface area contributed by atoms with E-state index in [1.54, 1.807) is 30.1 Å². The van der Waals surface area contributed by atoms with E-state index < -0.39 is 0 Å². The van der Waals surface area contributed by atoms with Crippen LogP contribution in [0.3, 0.4) is 0 Å². The fourth-order valence-electron chi connectivity index (χ4n) is 4.87. The summed E-state index contributed by atoms with van der Waals surface area (Å²) in [5, 5.41) is 0. The lowest BCUT2D eigenvalue weighted by molar-refractivity contribution is 0.0786. The van der Waals surface area contributed by atoms with Crippen LogP contribution in [0.15, 0.2) is 36.5 Å². The Kier molecular flexibility index (Phi) is 7.38. The third-order valence-electron chi connectivity index (χ3n) is 6.95. The zero-order chi connectivity index (χ0) is 23.4. The number of aryl methyl sites for hydroxylation is 1. The fourth-order valence-corrected chi connectivity index (χ4v) is 4.87. The molecular formula is C26H32FN3O3. The van der Waals surface area contributed by atoms with E-state index in [-0.39, 0.29) is 29.2 Å². The molecule has 0 N–H and O–H groups in total. The monoisotopic (exact) mass is 453 g/mol. The number of aromatic nitrogens is 1. The molecule has 1 amide bonds. The molecule has 0 atom stereocenters. The molecule has 1 aromatic heterocycles. The summed E-state index contributed by atoms with van der Waals surface area (Å²) in [6.45, 7) is 4.02. The molecule has 2 aliphatic rings. The lowest BCUT2D eigenvalue weighted by atomic mass is 9.89. The number of nitrogens with zero attached hydrogens (tertiary/aromatic N) is 3. The summed E-state index contributed by atoms with van der Waals surface area (Å²) >= 11 is 0. The van der Waals surface area contributed by atoms with Gasteiger partial charge in [0, 0.05) is 49.8 Å². The van der Waals surface area contributed by atoms with Crippen LogP contribution in [-0.4, -0.2) is 65.1 Å². The highest BCUT2D eigenvalue weighted by molar-refractivity contribution is 6.08. The Bertz CT molecular complexity index is 1010. The molecule has 33 heavy (non-hydrogen) atoms. The van der Waals surface area contributed by atoms with E-state index in [0.717, 1.165) is 58.3 Å². The van der Waals surface area contributed by atoms with Gasteiger partial charge >= 0.3 is 0 Å². The number of fused-ring (bicyclic) bond motifs is 1. The number of piperidine rings is 1. The molecule has 3 heterocycles. The van der Waals surface area contributed by atoms with Crippen molar-refractivity contribution in [3.63, 3.8) is 0 Å². The Labute approximate surface area is 194 Å². The predicted octanol–water partition coefficient (Wildman–Crippen LogP) is 4.05. The first-order valence-electron chi connectivity index (χ1n) is 11.9. The second-order valence-corrected chi connectivity index (χ2v) is 9.22. The number of benzene rings is 1. The summed E-state index contributed by atoms with van der Waals surface area (Å²) < 4.78 is 15.0. The van der Waals surface area contributed by atoms with E-state index >= 15 is 0 Å². The molecular weight excluding hydrogens is 421 g/mol. The van der Waals surface area contributed by atoms with Crippen molar-refractivity contribution in [1.29, 1.82) is 0 Å². The standard InChI is InChI=1S/C26H32FN3O3/c1-28-15-12-23(31)22-11-18-30(24(22)26(28)33)14-4-2-3-13-29-16-9-20(10-17-29)25(32)19-5-7-21(27)8-6-19/h5-8,11,18,20H,2-4,9-10,12-17H2,1H3. The van der Waals surface area contributed by atoms with Crippen LogP contribution >= 0.6 is 0 Å². The average molecular weight is 454 g/mol. The highest BCUT2D eigenvalue weighted by atomic mass is 19.1. The van der Waals surface area contributed by atoms with E-state index in [2.05, 4.69) is 4.90 Å². The van der Waals surface area contributed by atoms with Gasteiger partial charge in [0.1, 0.15) is 11.5 Å². The van der Waals surface area contributed by atoms with Crippen LogP contribution in [0, 0.1) is 11.7 Å². The second-order valence-electron chi connectivity index (χ2n) is 9.22. The van der Waals surface area contributed by atoms with Crippen LogP contribution in [0.2, 0.25) is 0 Å². The molecule has 0 spiro atoms. The van der Waals surface area contributed by atoms with Crippen molar-refractivity contribution >= 4 is 17.5 Å². The van der Waals surface area contributed by atoms with Crippen molar-refractivity contribution in [2.45, 2.75) is 45.1 Å². The number of rotatable bonds is 8. The van der Waals surface area contributed by atoms with Crippen molar-refractivity contribution in [3.8, 4) is 0 Å². The second kappa shape index (κ2) is 10.4. The molecule has 6 nitrogen and oxygen atoms in total. The van der Waals surface area contributed by atoms with E-state index in [9.17, 15) is 18.8 Å². The van der Waals surface area contributed by atoms with Gasteiger partial charge in [-0.25, -0.2) is 4.39 Å². The fraction of sp³-hybridized carbons (Fsp3) is 0.500. The molecule has 7 heteroatoms. The molecule has 2 aromatic rings. The zero-order valence-corrected chi connectivity index (χ0v) is 19.3. The van der Waals surface area contributed by atoms with Gasteiger partial charge in [0.2, 0.25) is 0 Å². The first-order chi connectivity index (χ1) is 15.9. The lowest BCUT2D eigenvalue weighted by Gasteiger charge is -2.31. The maximum Gasteiger partial charge on any atom is 0.270 e. The molecule has 0 bridgehead atoms. The molecule has 2 aliphatic heterocycles. The van der Waals surface area contributed by atoms with Gasteiger partial charge in [-0.1, -0.05) is 6.42 Å². The van der Waals surface area contributed by atoms with Gasteiger partial charge in [-0.2, -0.15) is 0 Å². The highest BCUT2D eigenvalue weighted by Crippen LogP contribution is 2.23. The van der Waals surface area contributed by atoms with Crippen LogP contribution in [-0.2, 0) is 6.54 Å². The van der Waals surface area contributed by atoms with Crippen molar-refractivity contribution < 1.29 is 18.8 Å². The van der Waals surface area contributed by atoms with Gasteiger partial charge in [-0.15, -0.1) is 0 Å². The molecule has 1 fully saturated rings. The highest BCUT2D eigenvalue weighted by Gasteiger charge is 2.28. The third kappa shape index (κ3) is 5.41. The van der Waals surface area contributed by atoms with Crippen molar-refractivity contribution in [1.82, 2.24) is 14.4 Å². The Morgan fingerprint density at radius 1 is 0.970 bits per heavy atom. The summed E-state index contributed by atoms with van der Waals surface area (Å²) in [5.74, 6) is -0.198. The van der Waals surface area contributed by atoms with E-state index in [0.29, 0.717) is 29.8 Å². The van der Waals surface area contributed by atoms with Gasteiger partial charge in [-0.05, 0) is 75.6 Å². The maximum atomic E-state index is 13.1. The van der Waals surface area contributed by atoms with Crippen LogP contribution in [0.5, 0.6) is 0 Å². The predicted molar refractivity (Wildman–Crippen MR) is 124 cm³/mol. The average Bonchev–Trinajstić information content (AvgIpc) is 3.21. The number of Topliss-reactive ketones (excluding diaryl/α,β-unsaturated/α-hetero) is 2. The number of amides is 1. The third-order valence-corrected chi connectivity index (χ3v) is 6.95. The Hall–Kier alpha value is -2.80. The number of likely N-dealkylation sites (tertiary alicyclic amines) is 1. The molecule has 1 aromatic carbocycles. The van der Waals surface area contributed by atoms with Crippen molar-refractivity contribution in [2.24, 2.45) is 5.92 Å². The molecule has 176 valence electrons. The van der Waals surface area contributed by atoms with Gasteiger partial charge in [0.05, 0.1) is 0 Å². The number of hydrogen-bond donors (Lipinski definition) is 0. The summed E-state index contributed by atoms with van der Waals surface area (Å²) in [6.07, 6.45) is 6.98. The van der Waals surface area contributed by atoms with Crippen LogP contribution in [0.1, 0.15) is 69.7 Å². The van der Waals surface area contributed by atoms with Crippen molar-refractivity contribution in [2.75, 3.05) is 33.2 Å². The topological polar surface area (TPSA) is 62.6 Å². The van der Waals surface area contributed by atoms with Crippen LogP contribution in [0.4, 0.5) is 4.39 Å². The SMILES string of the molecule is CN1CCC(=O)c2ccn(CCCCCN3CCC(C(=O)c4ccc(F)cc4)CC3)c2C1=O. The summed E-state index contributed by atoms with van der Waals surface area (Å²) in [7, 11) is 1.75. The summed E-state index contributed by atoms with van der Waals surface area (Å²) in [4.78, 5) is 41.6. The zero-order valence-electron chi connectivity index (χ0n) is 19.3. The number of hydrogen-bond acceptors (Lipinski definition) is 4. The lowest BCUT2D eigenvalue weighted by Crippen LogP contribution is -2.36. The number of unbranched alkanes of at least 4 members (excludes halogenated alkanes) is 2. The Morgan fingerprint density at radius 3 is 2.39 bits per heavy atom. The normalized spacial score (nSPS) is 17.8. The number of carbonyl (C=O) groups excluding carboxylic acids is 3. The van der Waals surface area contributed by atoms with E-state index in [4.69, 9.17) is 0 Å². The Morgan fingerprint density at radius 2 is 1.67 bits per heavy atom. The molecule has 0 saturated carbocycles. The first kappa shape index (κ1) is 23.4. The molecule has 0 aliphatic carbocycles. The smallest absolute Gasteiger partial charge is 0.270 e. The Balaban J connectivity index is 1.18. The summed E-state index contributed by atoms with van der Waals surface area (Å²) in [6, 6.07) is 7.63. The van der Waals surface area contributed by atoms with Crippen LogP contribution < -0.4 is 0 Å². The minimum Gasteiger partial charge on any atom is -0.343 e. The largest absolute Gasteiger partial charge is 0.343 e. The molecule has 0 unspecified atom stereocenters. The van der Waals surface area contributed by atoms with Gasteiger partial charge in [-0.3, -0.25) is 14.4 Å². The van der Waals surface area contributed by atoms with Gasteiger partial charge < -0.3 is 14.4 Å². The summed E-state index contributed by atoms with van der Waals surface area (Å²) in [5.41, 5.74) is 1.69. The molecule has 0 radical (unpaired) electrons. The minimum atomic E-state index is -0.319. The van der Waals surface area contributed by atoms with Gasteiger partial charge in [0.15, 0.2) is 11.6 Å². The van der Waals surface area contributed by atoms with E-state index in [1.807, 2.05) is 10.8 Å². The van der Waals surface area contributed by atoms with Crippen molar-refractivity contribution in [3.05, 3.63) is 59.2 Å². The number of carbonyl (C=O) groups is 3. The van der Waals surface area contributed by atoms with E-state index in [1.165, 1.54) is 12.1 Å².